The van der Waals surface area contributed by atoms with Crippen LogP contribution in [0.5, 0.6) is 0 Å². The molecular formula is C23H28. The predicted molar refractivity (Wildman–Crippen MR) is 104 cm³/mol. The molecule has 0 aliphatic heterocycles. The van der Waals surface area contributed by atoms with E-state index in [4.69, 9.17) is 0 Å². The van der Waals surface area contributed by atoms with Crippen LogP contribution < -0.4 is 0 Å². The van der Waals surface area contributed by atoms with Gasteiger partial charge in [0, 0.05) is 5.92 Å². The smallest absolute Gasteiger partial charge is 0.00610 e. The molecule has 0 bridgehead atoms. The van der Waals surface area contributed by atoms with Gasteiger partial charge in [-0.2, -0.15) is 0 Å². The van der Waals surface area contributed by atoms with Gasteiger partial charge in [-0.1, -0.05) is 118 Å². The van der Waals surface area contributed by atoms with Crippen molar-refractivity contribution in [3.05, 3.63) is 109 Å². The molecule has 0 spiro atoms. The van der Waals surface area contributed by atoms with Crippen molar-refractivity contribution >= 4 is 0 Å². The van der Waals surface area contributed by atoms with Crippen LogP contribution in [0.15, 0.2) is 97.6 Å². The van der Waals surface area contributed by atoms with Crippen LogP contribution in [0.3, 0.4) is 0 Å². The molecule has 2 rings (SSSR count). The molecule has 0 saturated heterocycles. The first-order valence-electron chi connectivity index (χ1n) is 8.25. The minimum Gasteiger partial charge on any atom is -0.0991 e. The van der Waals surface area contributed by atoms with E-state index in [-0.39, 0.29) is 0 Å². The maximum atomic E-state index is 3.85. The van der Waals surface area contributed by atoms with Crippen molar-refractivity contribution < 1.29 is 0 Å². The lowest BCUT2D eigenvalue weighted by molar-refractivity contribution is 0.922. The third-order valence-corrected chi connectivity index (χ3v) is 3.64. The maximum Gasteiger partial charge on any atom is 0.00610 e. The molecule has 0 amide bonds. The van der Waals surface area contributed by atoms with Crippen molar-refractivity contribution in [3.8, 4) is 0 Å². The van der Waals surface area contributed by atoms with E-state index in [1.165, 1.54) is 23.1 Å². The lowest BCUT2D eigenvalue weighted by Crippen LogP contribution is -1.94. The van der Waals surface area contributed by atoms with E-state index >= 15 is 0 Å². The van der Waals surface area contributed by atoms with Crippen LogP contribution in [0.1, 0.15) is 43.7 Å². The average Bonchev–Trinajstić information content (AvgIpc) is 2.61. The number of allylic oxidation sites excluding steroid dienone is 4. The molecule has 0 heterocycles. The Balaban J connectivity index is 0.000000257. The Kier molecular flexibility index (Phi) is 9.16. The zero-order chi connectivity index (χ0) is 16.9. The second-order valence-electron chi connectivity index (χ2n) is 5.55. The standard InChI is InChI=1S/C14H14.C9H14/c1-12(13-8-4-2-5-9-13)14-10-6-3-7-11-14;1-4-6-8-9(3)7-5-2/h2-12H,1H3;4,6,8H,1,3,5,7H2,2H3/b;8-6-. The van der Waals surface area contributed by atoms with Gasteiger partial charge in [-0.3, -0.25) is 0 Å². The number of benzene rings is 2. The van der Waals surface area contributed by atoms with Gasteiger partial charge >= 0.3 is 0 Å². The highest BCUT2D eigenvalue weighted by Crippen LogP contribution is 2.22. The van der Waals surface area contributed by atoms with Gasteiger partial charge in [-0.15, -0.1) is 0 Å². The quantitative estimate of drug-likeness (QED) is 0.508. The molecule has 0 atom stereocenters. The Morgan fingerprint density at radius 2 is 1.43 bits per heavy atom. The molecule has 0 saturated carbocycles. The van der Waals surface area contributed by atoms with Gasteiger partial charge in [0.15, 0.2) is 0 Å². The summed E-state index contributed by atoms with van der Waals surface area (Å²) in [5, 5.41) is 0. The molecule has 0 fully saturated rings. The first kappa shape index (κ1) is 18.7. The molecule has 2 aromatic carbocycles. The fourth-order valence-electron chi connectivity index (χ4n) is 2.28. The molecule has 0 aliphatic rings. The zero-order valence-corrected chi connectivity index (χ0v) is 14.4. The normalized spacial score (nSPS) is 10.2. The summed E-state index contributed by atoms with van der Waals surface area (Å²) in [6.07, 6.45) is 7.93. The summed E-state index contributed by atoms with van der Waals surface area (Å²) < 4.78 is 0. The highest BCUT2D eigenvalue weighted by atomic mass is 14.1. The van der Waals surface area contributed by atoms with E-state index in [2.05, 4.69) is 87.7 Å². The monoisotopic (exact) mass is 304 g/mol. The summed E-state index contributed by atoms with van der Waals surface area (Å²) in [5.74, 6) is 0.484. The Morgan fingerprint density at radius 1 is 0.957 bits per heavy atom. The second kappa shape index (κ2) is 11.3. The molecule has 0 aromatic heterocycles. The second-order valence-corrected chi connectivity index (χ2v) is 5.55. The molecule has 2 aromatic rings. The summed E-state index contributed by atoms with van der Waals surface area (Å²) in [5.41, 5.74) is 3.93. The van der Waals surface area contributed by atoms with Crippen molar-refractivity contribution in [1.82, 2.24) is 0 Å². The van der Waals surface area contributed by atoms with Crippen LogP contribution in [0.25, 0.3) is 0 Å². The minimum atomic E-state index is 0.484. The molecule has 120 valence electrons. The minimum absolute atomic E-state index is 0.484. The van der Waals surface area contributed by atoms with Crippen LogP contribution in [0, 0.1) is 0 Å². The van der Waals surface area contributed by atoms with Crippen LogP contribution >= 0.6 is 0 Å². The van der Waals surface area contributed by atoms with Gasteiger partial charge in [0.1, 0.15) is 0 Å². The van der Waals surface area contributed by atoms with Crippen molar-refractivity contribution in [3.63, 3.8) is 0 Å². The van der Waals surface area contributed by atoms with Crippen LogP contribution in [-0.2, 0) is 0 Å². The van der Waals surface area contributed by atoms with E-state index in [0.717, 1.165) is 6.42 Å². The predicted octanol–water partition coefficient (Wildman–Crippen LogP) is 6.92. The lowest BCUT2D eigenvalue weighted by Gasteiger charge is -2.11. The molecule has 0 heteroatoms. The first-order chi connectivity index (χ1) is 11.2. The third-order valence-electron chi connectivity index (χ3n) is 3.64. The molecule has 0 aliphatic carbocycles. The molecule has 23 heavy (non-hydrogen) atoms. The molecule has 0 radical (unpaired) electrons. The van der Waals surface area contributed by atoms with E-state index in [9.17, 15) is 0 Å². The fraction of sp³-hybridized carbons (Fsp3) is 0.217. The van der Waals surface area contributed by atoms with E-state index < -0.39 is 0 Å². The average molecular weight is 304 g/mol. The summed E-state index contributed by atoms with van der Waals surface area (Å²) >= 11 is 0. The van der Waals surface area contributed by atoms with Crippen LogP contribution in [0.2, 0.25) is 0 Å². The Labute approximate surface area is 141 Å². The van der Waals surface area contributed by atoms with Crippen molar-refractivity contribution in [2.45, 2.75) is 32.6 Å². The summed E-state index contributed by atoms with van der Waals surface area (Å²) in [6.45, 7) is 11.8. The van der Waals surface area contributed by atoms with Gasteiger partial charge in [0.05, 0.1) is 0 Å². The molecular weight excluding hydrogens is 276 g/mol. The third kappa shape index (κ3) is 7.46. The number of hydrogen-bond donors (Lipinski definition) is 0. The van der Waals surface area contributed by atoms with Gasteiger partial charge in [-0.25, -0.2) is 0 Å². The van der Waals surface area contributed by atoms with Crippen molar-refractivity contribution in [2.75, 3.05) is 0 Å². The fourth-order valence-corrected chi connectivity index (χ4v) is 2.28. The Morgan fingerprint density at radius 3 is 1.83 bits per heavy atom. The number of hydrogen-bond acceptors (Lipinski definition) is 0. The highest BCUT2D eigenvalue weighted by molar-refractivity contribution is 5.31. The van der Waals surface area contributed by atoms with Gasteiger partial charge in [0.2, 0.25) is 0 Å². The van der Waals surface area contributed by atoms with Crippen LogP contribution in [0.4, 0.5) is 0 Å². The Hall–Kier alpha value is -2.34. The molecule has 0 nitrogen and oxygen atoms in total. The highest BCUT2D eigenvalue weighted by Gasteiger charge is 2.05. The van der Waals surface area contributed by atoms with E-state index in [1.807, 2.05) is 12.2 Å². The van der Waals surface area contributed by atoms with Gasteiger partial charge < -0.3 is 0 Å². The zero-order valence-electron chi connectivity index (χ0n) is 14.4. The van der Waals surface area contributed by atoms with Crippen molar-refractivity contribution in [1.29, 1.82) is 0 Å². The topological polar surface area (TPSA) is 0 Å². The maximum absolute atomic E-state index is 3.85. The van der Waals surface area contributed by atoms with E-state index in [0.29, 0.717) is 5.92 Å². The van der Waals surface area contributed by atoms with Crippen molar-refractivity contribution in [2.24, 2.45) is 0 Å². The summed E-state index contributed by atoms with van der Waals surface area (Å²) in [7, 11) is 0. The first-order valence-corrected chi connectivity index (χ1v) is 8.25. The summed E-state index contributed by atoms with van der Waals surface area (Å²) in [4.78, 5) is 0. The van der Waals surface area contributed by atoms with Gasteiger partial charge in [-0.05, 0) is 17.5 Å². The van der Waals surface area contributed by atoms with E-state index in [1.54, 1.807) is 6.08 Å². The number of rotatable bonds is 6. The Bertz CT molecular complexity index is 551. The largest absolute Gasteiger partial charge is 0.0991 e. The molecule has 0 N–H and O–H groups in total. The molecule has 0 unspecified atom stereocenters. The van der Waals surface area contributed by atoms with Gasteiger partial charge in [0.25, 0.3) is 0 Å². The van der Waals surface area contributed by atoms with Crippen LogP contribution in [-0.4, -0.2) is 0 Å². The lowest BCUT2D eigenvalue weighted by atomic mass is 9.93. The SMILES string of the molecule is C=C/C=C\C(=C)CCC.CC(c1ccccc1)c1ccccc1. The summed E-state index contributed by atoms with van der Waals surface area (Å²) in [6, 6.07) is 21.2.